The summed E-state index contributed by atoms with van der Waals surface area (Å²) in [6.07, 6.45) is 2.42. The van der Waals surface area contributed by atoms with E-state index >= 15 is 0 Å². The molecular weight excluding hydrogens is 182 g/mol. The minimum Gasteiger partial charge on any atom is -0.469 e. The first-order valence-electron chi connectivity index (χ1n) is 4.79. The molecule has 4 nitrogen and oxygen atoms in total. The van der Waals surface area contributed by atoms with Gasteiger partial charge in [0.2, 0.25) is 0 Å². The monoisotopic (exact) mass is 201 g/mol. The Hall–Kier alpha value is -1.06. The van der Waals surface area contributed by atoms with Gasteiger partial charge in [0.25, 0.3) is 0 Å². The zero-order valence-corrected chi connectivity index (χ0v) is 9.28. The Morgan fingerprint density at radius 3 is 2.50 bits per heavy atom. The van der Waals surface area contributed by atoms with Crippen molar-refractivity contribution in [2.45, 2.75) is 33.6 Å². The molecule has 0 aromatic heterocycles. The van der Waals surface area contributed by atoms with Crippen LogP contribution in [0.25, 0.3) is 0 Å². The lowest BCUT2D eigenvalue weighted by Crippen LogP contribution is -2.37. The van der Waals surface area contributed by atoms with Crippen LogP contribution in [0.5, 0.6) is 0 Å². The van der Waals surface area contributed by atoms with Gasteiger partial charge >= 0.3 is 5.97 Å². The largest absolute Gasteiger partial charge is 0.469 e. The summed E-state index contributed by atoms with van der Waals surface area (Å²) in [5.74, 6) is -0.0900. The maximum absolute atomic E-state index is 11.6. The van der Waals surface area contributed by atoms with E-state index < -0.39 is 5.41 Å². The van der Waals surface area contributed by atoms with E-state index in [1.54, 1.807) is 0 Å². The van der Waals surface area contributed by atoms with Crippen molar-refractivity contribution >= 4 is 12.2 Å². The van der Waals surface area contributed by atoms with Crippen molar-refractivity contribution < 1.29 is 14.7 Å². The predicted molar refractivity (Wildman–Crippen MR) is 54.5 cm³/mol. The van der Waals surface area contributed by atoms with Gasteiger partial charge in [-0.3, -0.25) is 4.79 Å². The molecule has 0 spiro atoms. The van der Waals surface area contributed by atoms with Gasteiger partial charge < -0.3 is 9.94 Å². The number of carbonyl (C=O) groups excluding carboxylic acids is 1. The van der Waals surface area contributed by atoms with Crippen molar-refractivity contribution in [2.75, 3.05) is 7.11 Å². The van der Waals surface area contributed by atoms with Crippen LogP contribution in [0.3, 0.4) is 0 Å². The summed E-state index contributed by atoms with van der Waals surface area (Å²) in [4.78, 5) is 11.6. The van der Waals surface area contributed by atoms with Crippen molar-refractivity contribution in [3.8, 4) is 0 Å². The van der Waals surface area contributed by atoms with Crippen LogP contribution in [0.4, 0.5) is 0 Å². The molecule has 0 rings (SSSR count). The van der Waals surface area contributed by atoms with Crippen molar-refractivity contribution in [2.24, 2.45) is 16.5 Å². The molecule has 0 aliphatic carbocycles. The third-order valence-corrected chi connectivity index (χ3v) is 2.87. The van der Waals surface area contributed by atoms with Crippen LogP contribution >= 0.6 is 0 Å². The third-order valence-electron chi connectivity index (χ3n) is 2.87. The summed E-state index contributed by atoms with van der Waals surface area (Å²) >= 11 is 0. The molecule has 1 N–H and O–H groups in total. The topological polar surface area (TPSA) is 58.9 Å². The summed E-state index contributed by atoms with van der Waals surface area (Å²) in [5, 5.41) is 11.3. The predicted octanol–water partition coefficient (Wildman–Crippen LogP) is 2.06. The number of methoxy groups -OCH3 is 1. The second-order valence-electron chi connectivity index (χ2n) is 3.66. The zero-order chi connectivity index (χ0) is 11.2. The molecular formula is C10H19NO3. The Bertz CT molecular complexity index is 213. The molecule has 1 unspecified atom stereocenters. The minimum absolute atomic E-state index is 0.151. The number of rotatable bonds is 5. The van der Waals surface area contributed by atoms with Crippen LogP contribution < -0.4 is 0 Å². The molecule has 0 aromatic rings. The van der Waals surface area contributed by atoms with Gasteiger partial charge in [-0.1, -0.05) is 20.8 Å². The lowest BCUT2D eigenvalue weighted by molar-refractivity contribution is -0.155. The molecule has 0 amide bonds. The van der Waals surface area contributed by atoms with Gasteiger partial charge in [0.15, 0.2) is 0 Å². The molecule has 14 heavy (non-hydrogen) atoms. The molecule has 0 aromatic carbocycles. The molecule has 0 heterocycles. The number of oxime groups is 1. The number of hydrogen-bond donors (Lipinski definition) is 1. The maximum Gasteiger partial charge on any atom is 0.312 e. The van der Waals surface area contributed by atoms with Crippen molar-refractivity contribution in [1.29, 1.82) is 0 Å². The standard InChI is InChI=1S/C10H19NO3/c1-5-10(8(2)3,6-7-11-13)9(12)14-4/h7-8,13H,5-6H2,1-4H3/b11-7-. The van der Waals surface area contributed by atoms with Gasteiger partial charge in [0.1, 0.15) is 0 Å². The molecule has 1 atom stereocenters. The van der Waals surface area contributed by atoms with Crippen LogP contribution in [-0.4, -0.2) is 24.5 Å². The smallest absolute Gasteiger partial charge is 0.312 e. The molecule has 4 heteroatoms. The van der Waals surface area contributed by atoms with Crippen molar-refractivity contribution in [3.05, 3.63) is 0 Å². The fourth-order valence-corrected chi connectivity index (χ4v) is 1.66. The van der Waals surface area contributed by atoms with Crippen molar-refractivity contribution in [3.63, 3.8) is 0 Å². The first-order valence-corrected chi connectivity index (χ1v) is 4.79. The Kier molecular flexibility index (Phi) is 5.20. The quantitative estimate of drug-likeness (QED) is 0.320. The second-order valence-corrected chi connectivity index (χ2v) is 3.66. The van der Waals surface area contributed by atoms with Crippen molar-refractivity contribution in [1.82, 2.24) is 0 Å². The summed E-state index contributed by atoms with van der Waals surface area (Å²) in [5.41, 5.74) is -0.568. The highest BCUT2D eigenvalue weighted by atomic mass is 16.5. The first-order chi connectivity index (χ1) is 6.55. The van der Waals surface area contributed by atoms with Gasteiger partial charge in [-0.25, -0.2) is 0 Å². The lowest BCUT2D eigenvalue weighted by Gasteiger charge is -2.32. The second kappa shape index (κ2) is 5.62. The van der Waals surface area contributed by atoms with E-state index in [4.69, 9.17) is 9.94 Å². The van der Waals surface area contributed by atoms with Crippen LogP contribution in [0.15, 0.2) is 5.16 Å². The summed E-state index contributed by atoms with van der Waals surface area (Å²) < 4.78 is 4.78. The average molecular weight is 201 g/mol. The van der Waals surface area contributed by atoms with E-state index in [0.717, 1.165) is 0 Å². The summed E-state index contributed by atoms with van der Waals surface area (Å²) in [6.45, 7) is 5.86. The summed E-state index contributed by atoms with van der Waals surface area (Å²) in [7, 11) is 1.38. The fourth-order valence-electron chi connectivity index (χ4n) is 1.66. The minimum atomic E-state index is -0.568. The van der Waals surface area contributed by atoms with E-state index in [1.165, 1.54) is 13.3 Å². The van der Waals surface area contributed by atoms with E-state index in [2.05, 4.69) is 5.16 Å². The Morgan fingerprint density at radius 1 is 1.64 bits per heavy atom. The number of carbonyl (C=O) groups is 1. The molecule has 0 radical (unpaired) electrons. The zero-order valence-electron chi connectivity index (χ0n) is 9.28. The van der Waals surface area contributed by atoms with E-state index in [1.807, 2.05) is 20.8 Å². The Labute approximate surface area is 84.9 Å². The van der Waals surface area contributed by atoms with E-state index in [-0.39, 0.29) is 11.9 Å². The number of esters is 1. The molecule has 0 saturated heterocycles. The molecule has 0 bridgehead atoms. The van der Waals surface area contributed by atoms with E-state index in [0.29, 0.717) is 12.8 Å². The highest BCUT2D eigenvalue weighted by molar-refractivity contribution is 5.80. The molecule has 0 aliphatic heterocycles. The Balaban J connectivity index is 4.87. The van der Waals surface area contributed by atoms with Gasteiger partial charge in [-0.15, -0.1) is 5.16 Å². The van der Waals surface area contributed by atoms with Gasteiger partial charge in [-0.05, 0) is 12.3 Å². The number of hydrogen-bond acceptors (Lipinski definition) is 4. The van der Waals surface area contributed by atoms with Gasteiger partial charge in [0, 0.05) is 12.6 Å². The fraction of sp³-hybridized carbons (Fsp3) is 0.800. The molecule has 0 aliphatic rings. The highest BCUT2D eigenvalue weighted by Gasteiger charge is 2.40. The van der Waals surface area contributed by atoms with Crippen LogP contribution in [0.1, 0.15) is 33.6 Å². The third kappa shape index (κ3) is 2.47. The SMILES string of the molecule is CCC(C/C=N\O)(C(=O)OC)C(C)C. The van der Waals surface area contributed by atoms with Crippen LogP contribution in [-0.2, 0) is 9.53 Å². The summed E-state index contributed by atoms with van der Waals surface area (Å²) in [6, 6.07) is 0. The molecule has 0 saturated carbocycles. The van der Waals surface area contributed by atoms with Gasteiger partial charge in [-0.2, -0.15) is 0 Å². The number of nitrogens with zero attached hydrogens (tertiary/aromatic N) is 1. The van der Waals surface area contributed by atoms with Gasteiger partial charge in [0.05, 0.1) is 12.5 Å². The normalized spacial score (nSPS) is 15.8. The average Bonchev–Trinajstić information content (AvgIpc) is 2.18. The molecule has 82 valence electrons. The first kappa shape index (κ1) is 12.9. The number of ether oxygens (including phenoxy) is 1. The highest BCUT2D eigenvalue weighted by Crippen LogP contribution is 2.35. The molecule has 0 fully saturated rings. The van der Waals surface area contributed by atoms with Crippen LogP contribution in [0, 0.1) is 11.3 Å². The lowest BCUT2D eigenvalue weighted by atomic mass is 9.73. The Morgan fingerprint density at radius 2 is 2.21 bits per heavy atom. The maximum atomic E-state index is 11.6. The van der Waals surface area contributed by atoms with Crippen LogP contribution in [0.2, 0.25) is 0 Å². The van der Waals surface area contributed by atoms with E-state index in [9.17, 15) is 4.79 Å².